The highest BCUT2D eigenvalue weighted by molar-refractivity contribution is 5.03. The minimum absolute atomic E-state index is 0.468. The first-order valence-corrected chi connectivity index (χ1v) is 5.78. The van der Waals surface area contributed by atoms with Crippen molar-refractivity contribution in [2.24, 2.45) is 5.92 Å². The Labute approximate surface area is 93.8 Å². The molecule has 0 aromatic rings. The summed E-state index contributed by atoms with van der Waals surface area (Å²) in [7, 11) is 0. The largest absolute Gasteiger partial charge is 0.378 e. The minimum atomic E-state index is -0.535. The van der Waals surface area contributed by atoms with E-state index >= 15 is 0 Å². The summed E-state index contributed by atoms with van der Waals surface area (Å²) in [5.41, 5.74) is -0.535. The Kier molecular flexibility index (Phi) is 7.37. The van der Waals surface area contributed by atoms with Gasteiger partial charge in [0.1, 0.15) is 5.54 Å². The van der Waals surface area contributed by atoms with Crippen molar-refractivity contribution in [2.75, 3.05) is 19.8 Å². The molecule has 0 radical (unpaired) electrons. The van der Waals surface area contributed by atoms with E-state index in [0.717, 1.165) is 26.0 Å². The van der Waals surface area contributed by atoms with Gasteiger partial charge in [0.2, 0.25) is 0 Å². The first kappa shape index (κ1) is 14.4. The van der Waals surface area contributed by atoms with Crippen LogP contribution in [0.3, 0.4) is 0 Å². The molecule has 0 fully saturated rings. The van der Waals surface area contributed by atoms with Crippen molar-refractivity contribution < 1.29 is 4.74 Å². The van der Waals surface area contributed by atoms with E-state index in [2.05, 4.69) is 32.2 Å². The molecule has 0 bridgehead atoms. The zero-order chi connectivity index (χ0) is 11.7. The van der Waals surface area contributed by atoms with Gasteiger partial charge in [0.05, 0.1) is 12.7 Å². The third kappa shape index (κ3) is 7.35. The van der Waals surface area contributed by atoms with Crippen LogP contribution in [0.5, 0.6) is 0 Å². The number of rotatable bonds is 8. The third-order valence-corrected chi connectivity index (χ3v) is 2.24. The quantitative estimate of drug-likeness (QED) is 0.628. The lowest BCUT2D eigenvalue weighted by atomic mass is 10.1. The van der Waals surface area contributed by atoms with Crippen molar-refractivity contribution in [1.82, 2.24) is 5.32 Å². The smallest absolute Gasteiger partial charge is 0.127 e. The van der Waals surface area contributed by atoms with Gasteiger partial charge in [-0.25, -0.2) is 0 Å². The van der Waals surface area contributed by atoms with Crippen LogP contribution in [0.2, 0.25) is 0 Å². The highest BCUT2D eigenvalue weighted by atomic mass is 16.5. The Morgan fingerprint density at radius 1 is 1.47 bits per heavy atom. The summed E-state index contributed by atoms with van der Waals surface area (Å²) in [6.07, 6.45) is 2.08. The lowest BCUT2D eigenvalue weighted by Gasteiger charge is -2.23. The maximum atomic E-state index is 9.03. The Bertz CT molecular complexity index is 198. The number of hydrogen-bond donors (Lipinski definition) is 1. The van der Waals surface area contributed by atoms with Crippen LogP contribution in [0.25, 0.3) is 0 Å². The van der Waals surface area contributed by atoms with Crippen molar-refractivity contribution in [2.45, 2.75) is 46.1 Å². The maximum absolute atomic E-state index is 9.03. The van der Waals surface area contributed by atoms with Crippen LogP contribution in [0.4, 0.5) is 0 Å². The molecule has 0 saturated carbocycles. The standard InChI is InChI=1S/C12H24N2O/c1-5-7-14-12(4,9-13)10-15-8-6-11(2)3/h11,14H,5-8,10H2,1-4H3. The Balaban J connectivity index is 3.74. The van der Waals surface area contributed by atoms with Gasteiger partial charge in [-0.15, -0.1) is 0 Å². The Morgan fingerprint density at radius 3 is 2.60 bits per heavy atom. The van der Waals surface area contributed by atoms with Gasteiger partial charge in [0.25, 0.3) is 0 Å². The number of ether oxygens (including phenoxy) is 1. The van der Waals surface area contributed by atoms with Crippen molar-refractivity contribution in [3.8, 4) is 6.07 Å². The topological polar surface area (TPSA) is 45.0 Å². The molecule has 0 amide bonds. The van der Waals surface area contributed by atoms with Crippen LogP contribution < -0.4 is 5.32 Å². The van der Waals surface area contributed by atoms with Gasteiger partial charge in [-0.1, -0.05) is 20.8 Å². The molecular weight excluding hydrogens is 188 g/mol. The van der Waals surface area contributed by atoms with Crippen molar-refractivity contribution in [3.63, 3.8) is 0 Å². The molecule has 15 heavy (non-hydrogen) atoms. The molecule has 0 aliphatic carbocycles. The third-order valence-electron chi connectivity index (χ3n) is 2.24. The van der Waals surface area contributed by atoms with Gasteiger partial charge >= 0.3 is 0 Å². The van der Waals surface area contributed by atoms with E-state index in [0.29, 0.717) is 12.5 Å². The Hall–Kier alpha value is -0.590. The predicted octanol–water partition coefficient (Wildman–Crippen LogP) is 2.33. The van der Waals surface area contributed by atoms with Crippen LogP contribution >= 0.6 is 0 Å². The van der Waals surface area contributed by atoms with Gasteiger partial charge in [-0.05, 0) is 32.2 Å². The molecule has 1 N–H and O–H groups in total. The fraction of sp³-hybridized carbons (Fsp3) is 0.917. The fourth-order valence-electron chi connectivity index (χ4n) is 1.12. The monoisotopic (exact) mass is 212 g/mol. The summed E-state index contributed by atoms with van der Waals surface area (Å²) < 4.78 is 5.51. The second-order valence-electron chi connectivity index (χ2n) is 4.61. The Morgan fingerprint density at radius 2 is 2.13 bits per heavy atom. The van der Waals surface area contributed by atoms with Gasteiger partial charge in [-0.2, -0.15) is 5.26 Å². The summed E-state index contributed by atoms with van der Waals surface area (Å²) in [5, 5.41) is 12.2. The average molecular weight is 212 g/mol. The van der Waals surface area contributed by atoms with E-state index in [9.17, 15) is 0 Å². The predicted molar refractivity (Wildman–Crippen MR) is 62.6 cm³/mol. The van der Waals surface area contributed by atoms with Crippen LogP contribution in [-0.4, -0.2) is 25.3 Å². The average Bonchev–Trinajstić information content (AvgIpc) is 2.21. The van der Waals surface area contributed by atoms with E-state index in [1.54, 1.807) is 0 Å². The molecule has 0 heterocycles. The van der Waals surface area contributed by atoms with Gasteiger partial charge in [0, 0.05) is 6.61 Å². The maximum Gasteiger partial charge on any atom is 0.127 e. The van der Waals surface area contributed by atoms with E-state index in [1.165, 1.54) is 0 Å². The number of hydrogen-bond acceptors (Lipinski definition) is 3. The molecule has 0 aliphatic rings. The molecule has 0 saturated heterocycles. The van der Waals surface area contributed by atoms with E-state index < -0.39 is 5.54 Å². The van der Waals surface area contributed by atoms with Gasteiger partial charge in [-0.3, -0.25) is 5.32 Å². The molecule has 0 spiro atoms. The van der Waals surface area contributed by atoms with Crippen LogP contribution in [-0.2, 0) is 4.74 Å². The zero-order valence-corrected chi connectivity index (χ0v) is 10.5. The van der Waals surface area contributed by atoms with Crippen molar-refractivity contribution >= 4 is 0 Å². The number of nitrogens with zero attached hydrogens (tertiary/aromatic N) is 1. The molecule has 3 heteroatoms. The normalized spacial score (nSPS) is 14.9. The number of nitriles is 1. The molecule has 0 rings (SSSR count). The highest BCUT2D eigenvalue weighted by Gasteiger charge is 2.22. The first-order valence-electron chi connectivity index (χ1n) is 5.78. The van der Waals surface area contributed by atoms with Crippen molar-refractivity contribution in [1.29, 1.82) is 5.26 Å². The SMILES string of the molecule is CCCNC(C)(C#N)COCCC(C)C. The van der Waals surface area contributed by atoms with Crippen LogP contribution in [0, 0.1) is 17.2 Å². The second-order valence-corrected chi connectivity index (χ2v) is 4.61. The summed E-state index contributed by atoms with van der Waals surface area (Å²) in [6, 6.07) is 2.27. The van der Waals surface area contributed by atoms with Crippen molar-refractivity contribution in [3.05, 3.63) is 0 Å². The van der Waals surface area contributed by atoms with Crippen LogP contribution in [0.1, 0.15) is 40.5 Å². The van der Waals surface area contributed by atoms with E-state index in [4.69, 9.17) is 10.00 Å². The zero-order valence-electron chi connectivity index (χ0n) is 10.5. The fourth-order valence-corrected chi connectivity index (χ4v) is 1.12. The molecule has 0 aromatic heterocycles. The molecule has 1 unspecified atom stereocenters. The lowest BCUT2D eigenvalue weighted by molar-refractivity contribution is 0.0876. The summed E-state index contributed by atoms with van der Waals surface area (Å²) in [5.74, 6) is 0.655. The first-order chi connectivity index (χ1) is 7.04. The second kappa shape index (κ2) is 7.67. The van der Waals surface area contributed by atoms with Crippen LogP contribution in [0.15, 0.2) is 0 Å². The van der Waals surface area contributed by atoms with Gasteiger partial charge in [0.15, 0.2) is 0 Å². The number of nitrogens with one attached hydrogen (secondary N) is 1. The lowest BCUT2D eigenvalue weighted by Crippen LogP contribution is -2.45. The molecule has 0 aliphatic heterocycles. The molecule has 88 valence electrons. The molecular formula is C12H24N2O. The summed E-state index contributed by atoms with van der Waals surface area (Å²) in [6.45, 7) is 10.4. The molecule has 1 atom stereocenters. The molecule has 0 aromatic carbocycles. The molecule has 3 nitrogen and oxygen atoms in total. The minimum Gasteiger partial charge on any atom is -0.378 e. The van der Waals surface area contributed by atoms with E-state index in [-0.39, 0.29) is 0 Å². The van der Waals surface area contributed by atoms with E-state index in [1.807, 2.05) is 6.92 Å². The summed E-state index contributed by atoms with van der Waals surface area (Å²) in [4.78, 5) is 0. The van der Waals surface area contributed by atoms with Gasteiger partial charge < -0.3 is 4.74 Å². The summed E-state index contributed by atoms with van der Waals surface area (Å²) >= 11 is 0. The highest BCUT2D eigenvalue weighted by Crippen LogP contribution is 2.05.